The lowest BCUT2D eigenvalue weighted by Gasteiger charge is -2.11. The molecule has 2 aromatic carbocycles. The van der Waals surface area contributed by atoms with E-state index in [2.05, 4.69) is 25.1 Å². The number of benzene rings is 2. The summed E-state index contributed by atoms with van der Waals surface area (Å²) in [5.41, 5.74) is 4.07. The highest BCUT2D eigenvalue weighted by Gasteiger charge is 2.15. The van der Waals surface area contributed by atoms with Crippen molar-refractivity contribution in [1.29, 1.82) is 0 Å². The minimum Gasteiger partial charge on any atom is -0.478 e. The van der Waals surface area contributed by atoms with E-state index in [1.165, 1.54) is 6.42 Å². The molecule has 1 aliphatic heterocycles. The molecule has 4 rings (SSSR count). The summed E-state index contributed by atoms with van der Waals surface area (Å²) in [6.07, 6.45) is 3.36. The molecule has 0 saturated carbocycles. The molecule has 4 heteroatoms. The second-order valence-electron chi connectivity index (χ2n) is 6.57. The first kappa shape index (κ1) is 17.4. The molecule has 0 saturated heterocycles. The van der Waals surface area contributed by atoms with Gasteiger partial charge in [-0.3, -0.25) is 0 Å². The van der Waals surface area contributed by atoms with E-state index in [0.29, 0.717) is 12.5 Å². The van der Waals surface area contributed by atoms with E-state index in [1.807, 2.05) is 42.5 Å². The molecule has 0 unspecified atom stereocenters. The molecule has 2 heterocycles. The minimum absolute atomic E-state index is 0.274. The SMILES string of the molecule is CCCCCOc1cc(-c2ccc3c(c2)OCO3)cc(-c2ccccc2)n1. The fourth-order valence-corrected chi connectivity index (χ4v) is 3.11. The van der Waals surface area contributed by atoms with Crippen LogP contribution in [-0.2, 0) is 0 Å². The number of hydrogen-bond donors (Lipinski definition) is 0. The summed E-state index contributed by atoms with van der Waals surface area (Å²) < 4.78 is 16.9. The van der Waals surface area contributed by atoms with E-state index < -0.39 is 0 Å². The van der Waals surface area contributed by atoms with Crippen molar-refractivity contribution in [2.45, 2.75) is 26.2 Å². The van der Waals surface area contributed by atoms with Gasteiger partial charge in [0.05, 0.1) is 12.3 Å². The van der Waals surface area contributed by atoms with Crippen molar-refractivity contribution in [3.8, 4) is 39.8 Å². The zero-order valence-corrected chi connectivity index (χ0v) is 15.5. The first-order valence-electron chi connectivity index (χ1n) is 9.44. The van der Waals surface area contributed by atoms with E-state index in [9.17, 15) is 0 Å². The van der Waals surface area contributed by atoms with Crippen LogP contribution in [0.4, 0.5) is 0 Å². The van der Waals surface area contributed by atoms with Crippen LogP contribution in [0.15, 0.2) is 60.7 Å². The smallest absolute Gasteiger partial charge is 0.231 e. The molecular weight excluding hydrogens is 338 g/mol. The number of pyridine rings is 1. The zero-order valence-electron chi connectivity index (χ0n) is 15.5. The Balaban J connectivity index is 1.69. The summed E-state index contributed by atoms with van der Waals surface area (Å²) in [5.74, 6) is 2.21. The quantitative estimate of drug-likeness (QED) is 0.505. The molecule has 138 valence electrons. The van der Waals surface area contributed by atoms with Crippen molar-refractivity contribution < 1.29 is 14.2 Å². The Kier molecular flexibility index (Phi) is 5.24. The fraction of sp³-hybridized carbons (Fsp3) is 0.261. The zero-order chi connectivity index (χ0) is 18.5. The third kappa shape index (κ3) is 4.05. The van der Waals surface area contributed by atoms with Gasteiger partial charge in [-0.05, 0) is 35.7 Å². The Hall–Kier alpha value is -3.01. The Morgan fingerprint density at radius 3 is 2.56 bits per heavy atom. The van der Waals surface area contributed by atoms with Gasteiger partial charge in [-0.2, -0.15) is 0 Å². The Morgan fingerprint density at radius 1 is 0.852 bits per heavy atom. The molecule has 1 aromatic heterocycles. The van der Waals surface area contributed by atoms with Gasteiger partial charge in [-0.1, -0.05) is 56.2 Å². The molecular formula is C23H23NO3. The van der Waals surface area contributed by atoms with Crippen LogP contribution in [0.1, 0.15) is 26.2 Å². The van der Waals surface area contributed by atoms with Crippen LogP contribution < -0.4 is 14.2 Å². The highest BCUT2D eigenvalue weighted by molar-refractivity contribution is 5.73. The lowest BCUT2D eigenvalue weighted by atomic mass is 10.0. The highest BCUT2D eigenvalue weighted by Crippen LogP contribution is 2.37. The summed E-state index contributed by atoms with van der Waals surface area (Å²) in [4.78, 5) is 4.72. The number of nitrogens with zero attached hydrogens (tertiary/aromatic N) is 1. The van der Waals surface area contributed by atoms with Gasteiger partial charge < -0.3 is 14.2 Å². The van der Waals surface area contributed by atoms with Gasteiger partial charge in [0.1, 0.15) is 0 Å². The van der Waals surface area contributed by atoms with Crippen molar-refractivity contribution in [1.82, 2.24) is 4.98 Å². The summed E-state index contributed by atoms with van der Waals surface area (Å²) in [6, 6.07) is 20.3. The van der Waals surface area contributed by atoms with Crippen LogP contribution in [0, 0.1) is 0 Å². The van der Waals surface area contributed by atoms with Gasteiger partial charge in [0.2, 0.25) is 12.7 Å². The van der Waals surface area contributed by atoms with Gasteiger partial charge in [0.15, 0.2) is 11.5 Å². The van der Waals surface area contributed by atoms with Crippen molar-refractivity contribution in [2.75, 3.05) is 13.4 Å². The average molecular weight is 361 g/mol. The van der Waals surface area contributed by atoms with E-state index in [4.69, 9.17) is 19.2 Å². The predicted molar refractivity (Wildman–Crippen MR) is 106 cm³/mol. The molecule has 0 N–H and O–H groups in total. The number of hydrogen-bond acceptors (Lipinski definition) is 4. The molecule has 0 amide bonds. The molecule has 27 heavy (non-hydrogen) atoms. The van der Waals surface area contributed by atoms with Crippen molar-refractivity contribution in [3.63, 3.8) is 0 Å². The molecule has 4 nitrogen and oxygen atoms in total. The van der Waals surface area contributed by atoms with E-state index in [-0.39, 0.29) is 6.79 Å². The highest BCUT2D eigenvalue weighted by atomic mass is 16.7. The van der Waals surface area contributed by atoms with Gasteiger partial charge in [0.25, 0.3) is 0 Å². The molecule has 0 fully saturated rings. The van der Waals surface area contributed by atoms with E-state index in [1.54, 1.807) is 0 Å². The number of unbranched alkanes of at least 4 members (excludes halogenated alkanes) is 2. The Labute approximate surface area is 159 Å². The minimum atomic E-state index is 0.274. The second-order valence-corrected chi connectivity index (χ2v) is 6.57. The maximum absolute atomic E-state index is 5.96. The van der Waals surface area contributed by atoms with E-state index in [0.717, 1.165) is 46.7 Å². The number of fused-ring (bicyclic) bond motifs is 1. The molecule has 1 aliphatic rings. The molecule has 3 aromatic rings. The van der Waals surface area contributed by atoms with Crippen LogP contribution >= 0.6 is 0 Å². The monoisotopic (exact) mass is 361 g/mol. The topological polar surface area (TPSA) is 40.6 Å². The first-order chi connectivity index (χ1) is 13.3. The maximum atomic E-state index is 5.96. The van der Waals surface area contributed by atoms with Gasteiger partial charge in [-0.25, -0.2) is 4.98 Å². The van der Waals surface area contributed by atoms with Gasteiger partial charge in [0, 0.05) is 11.6 Å². The average Bonchev–Trinajstić information content (AvgIpc) is 3.19. The van der Waals surface area contributed by atoms with Crippen LogP contribution in [0.25, 0.3) is 22.4 Å². The summed E-state index contributed by atoms with van der Waals surface area (Å²) >= 11 is 0. The van der Waals surface area contributed by atoms with Crippen molar-refractivity contribution in [2.24, 2.45) is 0 Å². The number of rotatable bonds is 7. The molecule has 0 aliphatic carbocycles. The van der Waals surface area contributed by atoms with Crippen LogP contribution in [0.5, 0.6) is 17.4 Å². The summed E-state index contributed by atoms with van der Waals surface area (Å²) in [6.45, 7) is 3.14. The third-order valence-corrected chi connectivity index (χ3v) is 4.58. The van der Waals surface area contributed by atoms with Crippen molar-refractivity contribution in [3.05, 3.63) is 60.7 Å². The van der Waals surface area contributed by atoms with E-state index >= 15 is 0 Å². The number of ether oxygens (including phenoxy) is 3. The molecule has 0 radical (unpaired) electrons. The lowest BCUT2D eigenvalue weighted by molar-refractivity contribution is 0.174. The van der Waals surface area contributed by atoms with Crippen LogP contribution in [0.2, 0.25) is 0 Å². The molecule has 0 atom stereocenters. The van der Waals surface area contributed by atoms with Crippen LogP contribution in [-0.4, -0.2) is 18.4 Å². The van der Waals surface area contributed by atoms with Crippen LogP contribution in [0.3, 0.4) is 0 Å². The largest absolute Gasteiger partial charge is 0.478 e. The summed E-state index contributed by atoms with van der Waals surface area (Å²) in [5, 5.41) is 0. The van der Waals surface area contributed by atoms with Crippen molar-refractivity contribution >= 4 is 0 Å². The second kappa shape index (κ2) is 8.12. The molecule has 0 bridgehead atoms. The molecule has 0 spiro atoms. The third-order valence-electron chi connectivity index (χ3n) is 4.58. The standard InChI is InChI=1S/C23H23NO3/c1-2-3-7-12-25-23-15-19(13-20(24-23)17-8-5-4-6-9-17)18-10-11-21-22(14-18)27-16-26-21/h4-6,8-11,13-15H,2-3,7,12,16H2,1H3. The normalized spacial score (nSPS) is 12.2. The number of aromatic nitrogens is 1. The Morgan fingerprint density at radius 2 is 1.70 bits per heavy atom. The predicted octanol–water partition coefficient (Wildman–Crippen LogP) is 5.71. The lowest BCUT2D eigenvalue weighted by Crippen LogP contribution is -2.00. The fourth-order valence-electron chi connectivity index (χ4n) is 3.11. The van der Waals surface area contributed by atoms with Gasteiger partial charge in [-0.15, -0.1) is 0 Å². The summed E-state index contributed by atoms with van der Waals surface area (Å²) in [7, 11) is 0. The maximum Gasteiger partial charge on any atom is 0.231 e. The van der Waals surface area contributed by atoms with Gasteiger partial charge >= 0.3 is 0 Å². The first-order valence-corrected chi connectivity index (χ1v) is 9.44. The Bertz CT molecular complexity index is 909.